The third-order valence-electron chi connectivity index (χ3n) is 3.45. The molecule has 1 saturated heterocycles. The summed E-state index contributed by atoms with van der Waals surface area (Å²) >= 11 is 1.57. The molecule has 0 bridgehead atoms. The van der Waals surface area contributed by atoms with Crippen molar-refractivity contribution in [3.05, 3.63) is 15.6 Å². The lowest BCUT2D eigenvalue weighted by Crippen LogP contribution is -2.39. The Bertz CT molecular complexity index is 439. The molecule has 1 amide bonds. The first-order chi connectivity index (χ1) is 8.49. The van der Waals surface area contributed by atoms with E-state index >= 15 is 0 Å². The van der Waals surface area contributed by atoms with E-state index in [1.165, 1.54) is 6.42 Å². The molecule has 1 aromatic rings. The molecular formula is C14H22N2OS. The number of carbonyl (C=O) groups is 1. The predicted molar refractivity (Wildman–Crippen MR) is 75.2 cm³/mol. The Balaban J connectivity index is 2.17. The number of likely N-dealkylation sites (tertiary alicyclic amines) is 1. The summed E-state index contributed by atoms with van der Waals surface area (Å²) in [5.74, 6) is 1.21. The van der Waals surface area contributed by atoms with Gasteiger partial charge in [0.05, 0.1) is 10.7 Å². The van der Waals surface area contributed by atoms with Crippen LogP contribution in [0, 0.1) is 12.8 Å². The number of thiazole rings is 1. The van der Waals surface area contributed by atoms with E-state index in [0.717, 1.165) is 35.1 Å². The van der Waals surface area contributed by atoms with E-state index in [4.69, 9.17) is 0 Å². The lowest BCUT2D eigenvalue weighted by molar-refractivity contribution is 0.0687. The van der Waals surface area contributed by atoms with Gasteiger partial charge in [0, 0.05) is 19.0 Å². The van der Waals surface area contributed by atoms with Gasteiger partial charge in [-0.2, -0.15) is 0 Å². The van der Waals surface area contributed by atoms with Gasteiger partial charge in [-0.3, -0.25) is 4.79 Å². The molecule has 0 aliphatic carbocycles. The lowest BCUT2D eigenvalue weighted by atomic mass is 10.0. The third kappa shape index (κ3) is 2.74. The number of amides is 1. The van der Waals surface area contributed by atoms with Crippen LogP contribution in [0.5, 0.6) is 0 Å². The summed E-state index contributed by atoms with van der Waals surface area (Å²) in [4.78, 5) is 19.9. The van der Waals surface area contributed by atoms with Crippen LogP contribution in [0.25, 0.3) is 0 Å². The van der Waals surface area contributed by atoms with E-state index in [9.17, 15) is 4.79 Å². The molecule has 3 nitrogen and oxygen atoms in total. The van der Waals surface area contributed by atoms with Gasteiger partial charge in [0.15, 0.2) is 0 Å². The monoisotopic (exact) mass is 266 g/mol. The number of rotatable bonds is 2. The third-order valence-corrected chi connectivity index (χ3v) is 4.89. The molecule has 4 heteroatoms. The lowest BCUT2D eigenvalue weighted by Gasteiger charge is -2.30. The number of aryl methyl sites for hydroxylation is 1. The SMILES string of the molecule is Cc1nc(C(C)C)sc1C(=O)N1CCCC(C)C1. The zero-order valence-corrected chi connectivity index (χ0v) is 12.5. The molecule has 1 aliphatic rings. The van der Waals surface area contributed by atoms with E-state index in [-0.39, 0.29) is 5.91 Å². The fourth-order valence-electron chi connectivity index (χ4n) is 2.38. The molecule has 0 aromatic carbocycles. The summed E-state index contributed by atoms with van der Waals surface area (Å²) in [6, 6.07) is 0. The number of nitrogens with zero attached hydrogens (tertiary/aromatic N) is 2. The maximum Gasteiger partial charge on any atom is 0.265 e. The van der Waals surface area contributed by atoms with E-state index in [0.29, 0.717) is 11.8 Å². The van der Waals surface area contributed by atoms with Crippen LogP contribution in [0.4, 0.5) is 0 Å². The summed E-state index contributed by atoms with van der Waals surface area (Å²) in [7, 11) is 0. The summed E-state index contributed by atoms with van der Waals surface area (Å²) < 4.78 is 0. The Morgan fingerprint density at radius 3 is 2.78 bits per heavy atom. The van der Waals surface area contributed by atoms with E-state index in [1.807, 2.05) is 11.8 Å². The number of aromatic nitrogens is 1. The van der Waals surface area contributed by atoms with Crippen molar-refractivity contribution in [2.75, 3.05) is 13.1 Å². The van der Waals surface area contributed by atoms with Gasteiger partial charge in [-0.05, 0) is 25.7 Å². The first-order valence-corrected chi connectivity index (χ1v) is 7.57. The van der Waals surface area contributed by atoms with Crippen LogP contribution < -0.4 is 0 Å². The van der Waals surface area contributed by atoms with Gasteiger partial charge in [0.2, 0.25) is 0 Å². The van der Waals surface area contributed by atoms with Crippen LogP contribution in [0.1, 0.15) is 59.9 Å². The maximum atomic E-state index is 12.5. The summed E-state index contributed by atoms with van der Waals surface area (Å²) in [5, 5.41) is 1.07. The molecule has 0 spiro atoms. The molecule has 1 aliphatic heterocycles. The van der Waals surface area contributed by atoms with Crippen molar-refractivity contribution in [2.24, 2.45) is 5.92 Å². The highest BCUT2D eigenvalue weighted by atomic mass is 32.1. The normalized spacial score (nSPS) is 20.5. The van der Waals surface area contributed by atoms with E-state index in [2.05, 4.69) is 25.8 Å². The summed E-state index contributed by atoms with van der Waals surface area (Å²) in [5.41, 5.74) is 0.895. The van der Waals surface area contributed by atoms with Crippen molar-refractivity contribution in [1.29, 1.82) is 0 Å². The first kappa shape index (κ1) is 13.5. The van der Waals surface area contributed by atoms with Crippen LogP contribution in [-0.4, -0.2) is 28.9 Å². The van der Waals surface area contributed by atoms with Crippen molar-refractivity contribution in [3.8, 4) is 0 Å². The molecule has 1 atom stereocenters. The van der Waals surface area contributed by atoms with Crippen molar-refractivity contribution in [2.45, 2.75) is 46.5 Å². The standard InChI is InChI=1S/C14H22N2OS/c1-9(2)13-15-11(4)12(18-13)14(17)16-7-5-6-10(3)8-16/h9-10H,5-8H2,1-4H3. The van der Waals surface area contributed by atoms with Crippen molar-refractivity contribution < 1.29 is 4.79 Å². The Morgan fingerprint density at radius 1 is 1.50 bits per heavy atom. The van der Waals surface area contributed by atoms with Gasteiger partial charge in [-0.1, -0.05) is 20.8 Å². The number of hydrogen-bond donors (Lipinski definition) is 0. The molecule has 18 heavy (non-hydrogen) atoms. The van der Waals surface area contributed by atoms with Gasteiger partial charge < -0.3 is 4.90 Å². The van der Waals surface area contributed by atoms with Crippen molar-refractivity contribution in [1.82, 2.24) is 9.88 Å². The van der Waals surface area contributed by atoms with Gasteiger partial charge in [0.1, 0.15) is 4.88 Å². The fourth-order valence-corrected chi connectivity index (χ4v) is 3.42. The largest absolute Gasteiger partial charge is 0.338 e. The average molecular weight is 266 g/mol. The Morgan fingerprint density at radius 2 is 2.22 bits per heavy atom. The molecule has 2 rings (SSSR count). The Kier molecular flexibility index (Phi) is 4.05. The molecule has 0 radical (unpaired) electrons. The minimum atomic E-state index is 0.184. The van der Waals surface area contributed by atoms with Crippen LogP contribution in [0.2, 0.25) is 0 Å². The van der Waals surface area contributed by atoms with Gasteiger partial charge in [0.25, 0.3) is 5.91 Å². The smallest absolute Gasteiger partial charge is 0.265 e. The Labute approximate surface area is 113 Å². The number of piperidine rings is 1. The fraction of sp³-hybridized carbons (Fsp3) is 0.714. The topological polar surface area (TPSA) is 33.2 Å². The zero-order chi connectivity index (χ0) is 13.3. The Hall–Kier alpha value is -0.900. The van der Waals surface area contributed by atoms with Gasteiger partial charge >= 0.3 is 0 Å². The second kappa shape index (κ2) is 5.39. The average Bonchev–Trinajstić information content (AvgIpc) is 2.70. The molecule has 1 unspecified atom stereocenters. The molecule has 2 heterocycles. The van der Waals surface area contributed by atoms with Crippen molar-refractivity contribution in [3.63, 3.8) is 0 Å². The minimum absolute atomic E-state index is 0.184. The second-order valence-electron chi connectivity index (χ2n) is 5.62. The van der Waals surface area contributed by atoms with Crippen molar-refractivity contribution >= 4 is 17.2 Å². The first-order valence-electron chi connectivity index (χ1n) is 6.75. The van der Waals surface area contributed by atoms with Gasteiger partial charge in [-0.25, -0.2) is 4.98 Å². The molecule has 0 N–H and O–H groups in total. The molecule has 0 saturated carbocycles. The second-order valence-corrected chi connectivity index (χ2v) is 6.65. The van der Waals surface area contributed by atoms with Crippen LogP contribution in [-0.2, 0) is 0 Å². The highest BCUT2D eigenvalue weighted by Crippen LogP contribution is 2.27. The molecule has 100 valence electrons. The summed E-state index contributed by atoms with van der Waals surface area (Å²) in [6.45, 7) is 10.2. The molecular weight excluding hydrogens is 244 g/mol. The summed E-state index contributed by atoms with van der Waals surface area (Å²) in [6.07, 6.45) is 2.37. The number of hydrogen-bond acceptors (Lipinski definition) is 3. The van der Waals surface area contributed by atoms with Gasteiger partial charge in [-0.15, -0.1) is 11.3 Å². The highest BCUT2D eigenvalue weighted by Gasteiger charge is 2.25. The maximum absolute atomic E-state index is 12.5. The minimum Gasteiger partial charge on any atom is -0.338 e. The highest BCUT2D eigenvalue weighted by molar-refractivity contribution is 7.13. The molecule has 1 aromatic heterocycles. The van der Waals surface area contributed by atoms with E-state index in [1.54, 1.807) is 11.3 Å². The van der Waals surface area contributed by atoms with Crippen LogP contribution in [0.15, 0.2) is 0 Å². The quantitative estimate of drug-likeness (QED) is 0.821. The van der Waals surface area contributed by atoms with Crippen LogP contribution >= 0.6 is 11.3 Å². The van der Waals surface area contributed by atoms with Crippen LogP contribution in [0.3, 0.4) is 0 Å². The van der Waals surface area contributed by atoms with E-state index < -0.39 is 0 Å². The molecule has 1 fully saturated rings. The zero-order valence-electron chi connectivity index (χ0n) is 11.7. The number of carbonyl (C=O) groups excluding carboxylic acids is 1. The predicted octanol–water partition coefficient (Wildman–Crippen LogP) is 3.45.